The first-order valence-electron chi connectivity index (χ1n) is 9.19. The number of rotatable bonds is 3. The van der Waals surface area contributed by atoms with E-state index in [9.17, 15) is 9.59 Å². The van der Waals surface area contributed by atoms with Gasteiger partial charge in [-0.2, -0.15) is 0 Å². The van der Waals surface area contributed by atoms with Crippen molar-refractivity contribution in [2.45, 2.75) is 25.7 Å². The molecule has 0 bridgehead atoms. The number of likely N-dealkylation sites (tertiary alicyclic amines) is 1. The zero-order valence-corrected chi connectivity index (χ0v) is 15.3. The lowest BCUT2D eigenvalue weighted by Crippen LogP contribution is -2.48. The minimum atomic E-state index is -0.189. The molecule has 7 nitrogen and oxygen atoms in total. The number of fused-ring (bicyclic) bond motifs is 1. The summed E-state index contributed by atoms with van der Waals surface area (Å²) in [4.78, 5) is 37.0. The molecule has 1 atom stereocenters. The van der Waals surface area contributed by atoms with Gasteiger partial charge in [0.05, 0.1) is 5.69 Å². The van der Waals surface area contributed by atoms with Gasteiger partial charge in [0, 0.05) is 30.9 Å². The topological polar surface area (TPSA) is 75.6 Å². The lowest BCUT2D eigenvalue weighted by molar-refractivity contribution is -0.133. The van der Waals surface area contributed by atoms with Gasteiger partial charge in [-0.1, -0.05) is 6.07 Å². The Kier molecular flexibility index (Phi) is 4.75. The van der Waals surface area contributed by atoms with Crippen molar-refractivity contribution in [3.63, 3.8) is 0 Å². The van der Waals surface area contributed by atoms with Crippen LogP contribution >= 0.6 is 0 Å². The molecule has 0 radical (unpaired) electrons. The maximum atomic E-state index is 12.9. The number of ether oxygens (including phenoxy) is 1. The molecule has 140 valence electrons. The van der Waals surface area contributed by atoms with Crippen molar-refractivity contribution in [2.24, 2.45) is 0 Å². The van der Waals surface area contributed by atoms with Crippen LogP contribution < -0.4 is 9.64 Å². The number of aryl methyl sites for hydroxylation is 1. The van der Waals surface area contributed by atoms with E-state index in [2.05, 4.69) is 9.97 Å². The van der Waals surface area contributed by atoms with Crippen molar-refractivity contribution >= 4 is 17.5 Å². The quantitative estimate of drug-likeness (QED) is 0.830. The highest BCUT2D eigenvalue weighted by atomic mass is 16.5. The van der Waals surface area contributed by atoms with E-state index < -0.39 is 0 Å². The Hall–Kier alpha value is -2.96. The third-order valence-electron chi connectivity index (χ3n) is 5.15. The fourth-order valence-electron chi connectivity index (χ4n) is 3.71. The summed E-state index contributed by atoms with van der Waals surface area (Å²) in [6.07, 6.45) is 5.20. The van der Waals surface area contributed by atoms with Crippen molar-refractivity contribution < 1.29 is 14.3 Å². The van der Waals surface area contributed by atoms with Gasteiger partial charge in [-0.3, -0.25) is 14.5 Å². The first-order valence-corrected chi connectivity index (χ1v) is 9.19. The molecular weight excluding hydrogens is 344 g/mol. The summed E-state index contributed by atoms with van der Waals surface area (Å²) in [7, 11) is 0. The minimum Gasteiger partial charge on any atom is -0.482 e. The molecule has 2 aliphatic heterocycles. The van der Waals surface area contributed by atoms with Crippen LogP contribution in [0.3, 0.4) is 0 Å². The number of anilines is 1. The second-order valence-electron chi connectivity index (χ2n) is 7.05. The van der Waals surface area contributed by atoms with E-state index in [1.54, 1.807) is 17.4 Å². The SMILES string of the molecule is Cc1ccc2c(c1)N(CC(=O)N1CCC[C@@H](c3ccncn3)C1)C(=O)CO2. The molecule has 1 fully saturated rings. The number of piperidine rings is 1. The Morgan fingerprint density at radius 2 is 2.22 bits per heavy atom. The van der Waals surface area contributed by atoms with Crippen LogP contribution in [0.2, 0.25) is 0 Å². The maximum Gasteiger partial charge on any atom is 0.265 e. The van der Waals surface area contributed by atoms with Crippen molar-refractivity contribution in [1.82, 2.24) is 14.9 Å². The fourth-order valence-corrected chi connectivity index (χ4v) is 3.71. The molecule has 0 aliphatic carbocycles. The third-order valence-corrected chi connectivity index (χ3v) is 5.15. The van der Waals surface area contributed by atoms with Crippen LogP contribution in [0.25, 0.3) is 0 Å². The minimum absolute atomic E-state index is 0.0348. The number of carbonyl (C=O) groups is 2. The van der Waals surface area contributed by atoms with Gasteiger partial charge in [0.15, 0.2) is 6.61 Å². The van der Waals surface area contributed by atoms with Gasteiger partial charge in [-0.25, -0.2) is 9.97 Å². The summed E-state index contributed by atoms with van der Waals surface area (Å²) < 4.78 is 5.49. The normalized spacial score (nSPS) is 19.4. The fraction of sp³-hybridized carbons (Fsp3) is 0.400. The molecule has 2 aromatic rings. The number of benzene rings is 1. The molecule has 0 saturated carbocycles. The highest BCUT2D eigenvalue weighted by Gasteiger charge is 2.31. The molecule has 1 aromatic carbocycles. The third kappa shape index (κ3) is 3.63. The van der Waals surface area contributed by atoms with E-state index in [0.717, 1.165) is 24.1 Å². The Morgan fingerprint density at radius 1 is 1.33 bits per heavy atom. The summed E-state index contributed by atoms with van der Waals surface area (Å²) >= 11 is 0. The molecule has 4 rings (SSSR count). The number of nitrogens with zero attached hydrogens (tertiary/aromatic N) is 4. The van der Waals surface area contributed by atoms with Crippen LogP contribution in [0.15, 0.2) is 36.8 Å². The number of hydrogen-bond donors (Lipinski definition) is 0. The molecule has 1 aromatic heterocycles. The second kappa shape index (κ2) is 7.34. The molecule has 1 saturated heterocycles. The summed E-state index contributed by atoms with van der Waals surface area (Å²) in [6, 6.07) is 7.58. The number of carbonyl (C=O) groups excluding carboxylic acids is 2. The molecule has 0 N–H and O–H groups in total. The van der Waals surface area contributed by atoms with Crippen molar-refractivity contribution in [1.29, 1.82) is 0 Å². The first-order chi connectivity index (χ1) is 13.1. The highest BCUT2D eigenvalue weighted by molar-refractivity contribution is 6.02. The van der Waals surface area contributed by atoms with Gasteiger partial charge in [-0.05, 0) is 43.5 Å². The Labute approximate surface area is 158 Å². The molecule has 3 heterocycles. The van der Waals surface area contributed by atoms with E-state index in [1.807, 2.05) is 36.1 Å². The summed E-state index contributed by atoms with van der Waals surface area (Å²) in [5.74, 6) is 0.619. The molecular formula is C20H22N4O3. The van der Waals surface area contributed by atoms with Crippen LogP contribution in [0.5, 0.6) is 5.75 Å². The predicted octanol–water partition coefficient (Wildman–Crippen LogP) is 1.92. The summed E-state index contributed by atoms with van der Waals surface area (Å²) in [5, 5.41) is 0. The lowest BCUT2D eigenvalue weighted by atomic mass is 9.94. The Morgan fingerprint density at radius 3 is 3.04 bits per heavy atom. The van der Waals surface area contributed by atoms with Crippen molar-refractivity contribution in [3.8, 4) is 5.75 Å². The van der Waals surface area contributed by atoms with E-state index in [0.29, 0.717) is 24.5 Å². The first kappa shape index (κ1) is 17.5. The van der Waals surface area contributed by atoms with E-state index in [1.165, 1.54) is 0 Å². The van der Waals surface area contributed by atoms with Crippen LogP contribution in [0, 0.1) is 6.92 Å². The molecule has 27 heavy (non-hydrogen) atoms. The molecule has 0 spiro atoms. The van der Waals surface area contributed by atoms with Crippen LogP contribution in [-0.2, 0) is 9.59 Å². The number of aromatic nitrogens is 2. The zero-order valence-electron chi connectivity index (χ0n) is 15.3. The standard InChI is InChI=1S/C20H22N4O3/c1-14-4-5-18-17(9-14)24(20(26)12-27-18)11-19(25)23-8-2-3-15(10-23)16-6-7-21-13-22-16/h4-7,9,13,15H,2-3,8,10-12H2,1H3/t15-/m1/s1. The monoisotopic (exact) mass is 366 g/mol. The Bertz CT molecular complexity index is 856. The average Bonchev–Trinajstić information content (AvgIpc) is 2.71. The van der Waals surface area contributed by atoms with Crippen molar-refractivity contribution in [2.75, 3.05) is 31.1 Å². The zero-order chi connectivity index (χ0) is 18.8. The van der Waals surface area contributed by atoms with E-state index >= 15 is 0 Å². The highest BCUT2D eigenvalue weighted by Crippen LogP contribution is 2.33. The van der Waals surface area contributed by atoms with E-state index in [4.69, 9.17) is 4.74 Å². The molecule has 0 unspecified atom stereocenters. The van der Waals surface area contributed by atoms with Crippen LogP contribution in [0.1, 0.15) is 30.0 Å². The van der Waals surface area contributed by atoms with Crippen molar-refractivity contribution in [3.05, 3.63) is 48.0 Å². The van der Waals surface area contributed by atoms with Crippen LogP contribution in [-0.4, -0.2) is 52.9 Å². The van der Waals surface area contributed by atoms with Gasteiger partial charge in [0.2, 0.25) is 5.91 Å². The van der Waals surface area contributed by atoms with Gasteiger partial charge < -0.3 is 9.64 Å². The van der Waals surface area contributed by atoms with Gasteiger partial charge in [-0.15, -0.1) is 0 Å². The lowest BCUT2D eigenvalue weighted by Gasteiger charge is -2.35. The molecule has 7 heteroatoms. The second-order valence-corrected chi connectivity index (χ2v) is 7.05. The maximum absolute atomic E-state index is 12.9. The summed E-state index contributed by atoms with van der Waals surface area (Å²) in [5.41, 5.74) is 2.65. The van der Waals surface area contributed by atoms with Crippen LogP contribution in [0.4, 0.5) is 5.69 Å². The smallest absolute Gasteiger partial charge is 0.265 e. The number of amides is 2. The predicted molar refractivity (Wildman–Crippen MR) is 99.6 cm³/mol. The van der Waals surface area contributed by atoms with Gasteiger partial charge >= 0.3 is 0 Å². The largest absolute Gasteiger partial charge is 0.482 e. The number of hydrogen-bond acceptors (Lipinski definition) is 5. The molecule has 2 amide bonds. The van der Waals surface area contributed by atoms with Gasteiger partial charge in [0.25, 0.3) is 5.91 Å². The van der Waals surface area contributed by atoms with E-state index in [-0.39, 0.29) is 30.9 Å². The summed E-state index contributed by atoms with van der Waals surface area (Å²) in [6.45, 7) is 3.28. The molecule has 2 aliphatic rings. The van der Waals surface area contributed by atoms with Gasteiger partial charge in [0.1, 0.15) is 18.6 Å². The Balaban J connectivity index is 1.49. The average molecular weight is 366 g/mol.